The van der Waals surface area contributed by atoms with Crippen molar-refractivity contribution < 1.29 is 23.5 Å². The van der Waals surface area contributed by atoms with Crippen molar-refractivity contribution in [1.82, 2.24) is 9.88 Å². The summed E-state index contributed by atoms with van der Waals surface area (Å²) in [5.41, 5.74) is 1.77. The number of esters is 1. The maximum absolute atomic E-state index is 13.8. The minimum Gasteiger partial charge on any atom is -0.465 e. The van der Waals surface area contributed by atoms with Gasteiger partial charge in [0.2, 0.25) is 0 Å². The van der Waals surface area contributed by atoms with Crippen molar-refractivity contribution in [2.45, 2.75) is 103 Å². The summed E-state index contributed by atoms with van der Waals surface area (Å²) in [6.07, 6.45) is 3.20. The fourth-order valence-electron chi connectivity index (χ4n) is 4.59. The van der Waals surface area contributed by atoms with E-state index >= 15 is 0 Å². The number of aromatic nitrogens is 1. The van der Waals surface area contributed by atoms with Gasteiger partial charge in [-0.15, -0.1) is 0 Å². The van der Waals surface area contributed by atoms with E-state index in [2.05, 4.69) is 38.8 Å². The molecule has 39 heavy (non-hydrogen) atoms. The van der Waals surface area contributed by atoms with Crippen LogP contribution in [0.5, 0.6) is 0 Å². The van der Waals surface area contributed by atoms with Gasteiger partial charge in [-0.2, -0.15) is 0 Å². The molecule has 1 amide bonds. The lowest BCUT2D eigenvalue weighted by Gasteiger charge is -2.43. The molecule has 1 aromatic heterocycles. The number of halogens is 1. The summed E-state index contributed by atoms with van der Waals surface area (Å²) in [6, 6.07) is 10.7. The Morgan fingerprint density at radius 2 is 1.69 bits per heavy atom. The number of benzene rings is 1. The third-order valence-electron chi connectivity index (χ3n) is 7.65. The molecule has 0 spiro atoms. The van der Waals surface area contributed by atoms with Gasteiger partial charge in [-0.05, 0) is 81.9 Å². The number of carbonyl (C=O) groups excluding carboxylic acids is 2. The number of nitrogens with zero attached hydrogens (tertiary/aromatic N) is 2. The minimum atomic E-state index is -2.24. The average molecular weight is 575 g/mol. The second-order valence-corrected chi connectivity index (χ2v) is 17.9. The van der Waals surface area contributed by atoms with Crippen molar-refractivity contribution >= 4 is 32.0 Å². The number of likely N-dealkylation sites (tertiary alicyclic amines) is 1. The Morgan fingerprint density at radius 1 is 1.05 bits per heavy atom. The molecule has 0 unspecified atom stereocenters. The number of amides is 1. The van der Waals surface area contributed by atoms with Gasteiger partial charge in [0.05, 0.1) is 24.8 Å². The number of ether oxygens (including phenoxy) is 2. The Bertz CT molecular complexity index is 1140. The zero-order chi connectivity index (χ0) is 29.2. The van der Waals surface area contributed by atoms with Crippen molar-refractivity contribution in [2.24, 2.45) is 0 Å². The summed E-state index contributed by atoms with van der Waals surface area (Å²) in [5.74, 6) is -0.375. The summed E-state index contributed by atoms with van der Waals surface area (Å²) in [5, 5.41) is 0.384. The van der Waals surface area contributed by atoms with E-state index in [1.165, 1.54) is 7.11 Å². The number of pyridine rings is 1. The molecule has 214 valence electrons. The van der Waals surface area contributed by atoms with Crippen molar-refractivity contribution in [1.29, 1.82) is 0 Å². The molecule has 2 heterocycles. The van der Waals surface area contributed by atoms with Crippen LogP contribution in [-0.2, 0) is 20.3 Å². The highest BCUT2D eigenvalue weighted by atomic mass is 35.5. The second kappa shape index (κ2) is 12.0. The molecule has 3 rings (SSSR count). The maximum atomic E-state index is 13.8. The monoisotopic (exact) mass is 574 g/mol. The van der Waals surface area contributed by atoms with E-state index in [-0.39, 0.29) is 35.3 Å². The van der Waals surface area contributed by atoms with Crippen molar-refractivity contribution in [3.05, 3.63) is 64.4 Å². The van der Waals surface area contributed by atoms with Crippen LogP contribution in [0.15, 0.2) is 42.6 Å². The molecule has 3 atom stereocenters. The van der Waals surface area contributed by atoms with Crippen molar-refractivity contribution in [2.75, 3.05) is 7.11 Å². The number of hydrogen-bond acceptors (Lipinski definition) is 6. The number of rotatable bonds is 7. The van der Waals surface area contributed by atoms with Crippen molar-refractivity contribution in [3.63, 3.8) is 0 Å². The molecule has 9 heteroatoms. The van der Waals surface area contributed by atoms with Gasteiger partial charge in [0.25, 0.3) is 0 Å². The van der Waals surface area contributed by atoms with Crippen LogP contribution in [0, 0.1) is 0 Å². The van der Waals surface area contributed by atoms with Crippen LogP contribution in [0.4, 0.5) is 4.79 Å². The van der Waals surface area contributed by atoms with Gasteiger partial charge in [-0.25, -0.2) is 14.6 Å². The Morgan fingerprint density at radius 3 is 2.21 bits per heavy atom. The van der Waals surface area contributed by atoms with Crippen LogP contribution in [-0.4, -0.2) is 55.1 Å². The first kappa shape index (κ1) is 31.1. The highest BCUT2D eigenvalue weighted by Gasteiger charge is 2.47. The predicted octanol–water partition coefficient (Wildman–Crippen LogP) is 7.60. The van der Waals surface area contributed by atoms with Gasteiger partial charge in [0.1, 0.15) is 10.8 Å². The fourth-order valence-corrected chi connectivity index (χ4v) is 5.99. The topological polar surface area (TPSA) is 78.0 Å². The molecule has 1 aliphatic heterocycles. The van der Waals surface area contributed by atoms with Crippen LogP contribution in [0.2, 0.25) is 23.3 Å². The van der Waals surface area contributed by atoms with E-state index in [4.69, 9.17) is 25.5 Å². The molecule has 1 aliphatic rings. The third-order valence-corrected chi connectivity index (χ3v) is 12.3. The molecule has 0 radical (unpaired) electrons. The van der Waals surface area contributed by atoms with E-state index in [1.807, 2.05) is 43.9 Å². The molecule has 1 aromatic carbocycles. The van der Waals surface area contributed by atoms with E-state index < -0.39 is 13.9 Å². The first-order valence-corrected chi connectivity index (χ1v) is 16.8. The molecule has 7 nitrogen and oxygen atoms in total. The SMILES string of the molecule is COC(=O)c1ccc(C[C@H]2CC[C@H]([C@H](O[Si](C)(C)C(C)(C)C)c3ccc(Cl)nc3)N2C(=O)OC(C)(C)C)cc1. The lowest BCUT2D eigenvalue weighted by atomic mass is 10.0. The second-order valence-electron chi connectivity index (χ2n) is 12.8. The molecule has 0 N–H and O–H groups in total. The quantitative estimate of drug-likeness (QED) is 0.192. The molecule has 0 aliphatic carbocycles. The lowest BCUT2D eigenvalue weighted by Crippen LogP contribution is -2.50. The fraction of sp³-hybridized carbons (Fsp3) is 0.567. The van der Waals surface area contributed by atoms with Crippen LogP contribution >= 0.6 is 11.6 Å². The summed E-state index contributed by atoms with van der Waals surface area (Å²) >= 11 is 6.13. The first-order valence-electron chi connectivity index (χ1n) is 13.5. The predicted molar refractivity (Wildman–Crippen MR) is 157 cm³/mol. The zero-order valence-corrected chi connectivity index (χ0v) is 26.5. The summed E-state index contributed by atoms with van der Waals surface area (Å²) in [6.45, 7) is 16.7. The van der Waals surface area contributed by atoms with Crippen LogP contribution in [0.25, 0.3) is 0 Å². The highest BCUT2D eigenvalue weighted by Crippen LogP contribution is 2.44. The smallest absolute Gasteiger partial charge is 0.410 e. The molecule has 0 bridgehead atoms. The molecule has 2 aromatic rings. The number of hydrogen-bond donors (Lipinski definition) is 0. The Labute approximate surface area is 239 Å². The summed E-state index contributed by atoms with van der Waals surface area (Å²) in [4.78, 5) is 31.9. The third kappa shape index (κ3) is 7.83. The van der Waals surface area contributed by atoms with Gasteiger partial charge in [-0.1, -0.05) is 50.6 Å². The average Bonchev–Trinajstić information content (AvgIpc) is 3.24. The molecule has 1 fully saturated rings. The first-order chi connectivity index (χ1) is 18.0. The molecule has 0 saturated carbocycles. The zero-order valence-electron chi connectivity index (χ0n) is 24.7. The standard InChI is InChI=1S/C30H43ClN2O5Si/c1-29(2,3)37-28(35)33-23(18-20-10-12-21(13-11-20)27(34)36-7)15-16-24(33)26(22-14-17-25(31)32-19-22)38-39(8,9)30(4,5)6/h10-14,17,19,23-24,26H,15-16,18H2,1-9H3/t23-,24-,26-/m1/s1. The Balaban J connectivity index is 2.00. The van der Waals surface area contributed by atoms with E-state index in [0.717, 1.165) is 24.0 Å². The Kier molecular flexibility index (Phi) is 9.56. The Hall–Kier alpha value is -2.42. The van der Waals surface area contributed by atoms with Crippen LogP contribution < -0.4 is 0 Å². The normalized spacial score (nSPS) is 19.1. The van der Waals surface area contributed by atoms with E-state index in [0.29, 0.717) is 17.1 Å². The van der Waals surface area contributed by atoms with Crippen LogP contribution in [0.3, 0.4) is 0 Å². The van der Waals surface area contributed by atoms with E-state index in [1.54, 1.807) is 24.4 Å². The lowest BCUT2D eigenvalue weighted by molar-refractivity contribution is -0.00244. The van der Waals surface area contributed by atoms with Crippen molar-refractivity contribution in [3.8, 4) is 0 Å². The number of carbonyl (C=O) groups is 2. The number of methoxy groups -OCH3 is 1. The van der Waals surface area contributed by atoms with Gasteiger partial charge < -0.3 is 13.9 Å². The largest absolute Gasteiger partial charge is 0.465 e. The van der Waals surface area contributed by atoms with Crippen LogP contribution in [0.1, 0.15) is 82.0 Å². The van der Waals surface area contributed by atoms with Gasteiger partial charge in [-0.3, -0.25) is 4.90 Å². The summed E-state index contributed by atoms with van der Waals surface area (Å²) in [7, 11) is -0.876. The minimum absolute atomic E-state index is 0.0265. The summed E-state index contributed by atoms with van der Waals surface area (Å²) < 4.78 is 17.8. The van der Waals surface area contributed by atoms with Gasteiger partial charge >= 0.3 is 12.1 Å². The molecular weight excluding hydrogens is 532 g/mol. The highest BCUT2D eigenvalue weighted by molar-refractivity contribution is 6.74. The molecular formula is C30H43ClN2O5Si. The van der Waals surface area contributed by atoms with Gasteiger partial charge in [0.15, 0.2) is 8.32 Å². The van der Waals surface area contributed by atoms with Gasteiger partial charge in [0, 0.05) is 17.8 Å². The maximum Gasteiger partial charge on any atom is 0.410 e. The van der Waals surface area contributed by atoms with E-state index in [9.17, 15) is 9.59 Å². The molecule has 1 saturated heterocycles.